The van der Waals surface area contributed by atoms with Crippen LogP contribution in [0.1, 0.15) is 0 Å². The third-order valence-electron chi connectivity index (χ3n) is 3.22. The lowest BCUT2D eigenvalue weighted by atomic mass is 10.2. The summed E-state index contributed by atoms with van der Waals surface area (Å²) in [5, 5.41) is 2.55. The Bertz CT molecular complexity index is 757. The number of hydrogen-bond donors (Lipinski definition) is 1. The molecule has 3 rings (SSSR count). The maximum absolute atomic E-state index is 12.2. The first-order chi connectivity index (χ1) is 11.5. The van der Waals surface area contributed by atoms with Crippen LogP contribution in [0.25, 0.3) is 0 Å². The normalized spacial score (nSPS) is 15.9. The second kappa shape index (κ2) is 6.92. The number of fused-ring (bicyclic) bond motifs is 1. The minimum atomic E-state index is -2.98. The van der Waals surface area contributed by atoms with Gasteiger partial charge in [0, 0.05) is 5.69 Å². The van der Waals surface area contributed by atoms with Gasteiger partial charge < -0.3 is 19.5 Å². The van der Waals surface area contributed by atoms with Crippen molar-refractivity contribution in [2.45, 2.75) is 12.7 Å². The van der Waals surface area contributed by atoms with E-state index in [2.05, 4.69) is 10.1 Å². The summed E-state index contributed by atoms with van der Waals surface area (Å²) >= 11 is 5.84. The van der Waals surface area contributed by atoms with E-state index in [4.69, 9.17) is 21.1 Å². The second-order valence-electron chi connectivity index (χ2n) is 4.88. The van der Waals surface area contributed by atoms with Crippen molar-refractivity contribution >= 4 is 23.2 Å². The number of nitrogens with one attached hydrogen (secondary N) is 1. The van der Waals surface area contributed by atoms with E-state index in [9.17, 15) is 13.6 Å². The van der Waals surface area contributed by atoms with Crippen LogP contribution in [0.2, 0.25) is 5.02 Å². The maximum atomic E-state index is 12.2. The summed E-state index contributed by atoms with van der Waals surface area (Å²) in [5.74, 6) is 0.430. The third-order valence-corrected chi connectivity index (χ3v) is 3.51. The van der Waals surface area contributed by atoms with E-state index in [1.807, 2.05) is 0 Å². The lowest BCUT2D eigenvalue weighted by Gasteiger charge is -2.25. The molecule has 2 aromatic carbocycles. The van der Waals surface area contributed by atoms with E-state index in [0.717, 1.165) is 0 Å². The zero-order chi connectivity index (χ0) is 17.1. The number of benzene rings is 2. The number of carbonyl (C=O) groups excluding carboxylic acids is 1. The molecule has 1 aliphatic heterocycles. The van der Waals surface area contributed by atoms with Crippen molar-refractivity contribution in [2.24, 2.45) is 0 Å². The van der Waals surface area contributed by atoms with Crippen molar-refractivity contribution in [1.82, 2.24) is 0 Å². The van der Waals surface area contributed by atoms with Gasteiger partial charge in [0.1, 0.15) is 12.4 Å². The molecule has 2 aromatic rings. The largest absolute Gasteiger partial charge is 0.485 e. The second-order valence-corrected chi connectivity index (χ2v) is 5.28. The van der Waals surface area contributed by atoms with Crippen molar-refractivity contribution in [1.29, 1.82) is 0 Å². The van der Waals surface area contributed by atoms with E-state index in [-0.39, 0.29) is 17.4 Å². The fraction of sp³-hybridized carbons (Fsp3) is 0.188. The van der Waals surface area contributed by atoms with Crippen molar-refractivity contribution in [3.63, 3.8) is 0 Å². The Morgan fingerprint density at radius 3 is 2.71 bits per heavy atom. The molecule has 1 heterocycles. The molecule has 24 heavy (non-hydrogen) atoms. The van der Waals surface area contributed by atoms with Crippen molar-refractivity contribution in [2.75, 3.05) is 11.9 Å². The number of rotatable bonds is 4. The zero-order valence-corrected chi connectivity index (χ0v) is 12.9. The van der Waals surface area contributed by atoms with E-state index in [1.54, 1.807) is 24.3 Å². The quantitative estimate of drug-likeness (QED) is 0.908. The zero-order valence-electron chi connectivity index (χ0n) is 12.2. The SMILES string of the molecule is O=C(Nc1ccc(OC(F)F)c(Cl)c1)[C@@H]1COc2ccccc2O1. The molecule has 126 valence electrons. The van der Waals surface area contributed by atoms with Crippen LogP contribution in [0.5, 0.6) is 17.2 Å². The van der Waals surface area contributed by atoms with Crippen molar-refractivity contribution < 1.29 is 27.8 Å². The molecule has 1 N–H and O–H groups in total. The summed E-state index contributed by atoms with van der Waals surface area (Å²) in [6.45, 7) is -2.92. The van der Waals surface area contributed by atoms with Crippen LogP contribution >= 0.6 is 11.6 Å². The molecule has 8 heteroatoms. The van der Waals surface area contributed by atoms with Crippen LogP contribution in [0.4, 0.5) is 14.5 Å². The molecule has 0 unspecified atom stereocenters. The predicted molar refractivity (Wildman–Crippen MR) is 83.1 cm³/mol. The van der Waals surface area contributed by atoms with Gasteiger partial charge in [0.25, 0.3) is 5.91 Å². The fourth-order valence-electron chi connectivity index (χ4n) is 2.14. The number of hydrogen-bond acceptors (Lipinski definition) is 4. The number of halogens is 3. The lowest BCUT2D eigenvalue weighted by Crippen LogP contribution is -2.40. The van der Waals surface area contributed by atoms with Crippen LogP contribution in [-0.2, 0) is 4.79 Å². The molecule has 0 radical (unpaired) electrons. The summed E-state index contributed by atoms with van der Waals surface area (Å²) in [6, 6.07) is 11.0. The van der Waals surface area contributed by atoms with Crippen molar-refractivity contribution in [3.8, 4) is 17.2 Å². The van der Waals surface area contributed by atoms with Crippen molar-refractivity contribution in [3.05, 3.63) is 47.5 Å². The highest BCUT2D eigenvalue weighted by Gasteiger charge is 2.27. The highest BCUT2D eigenvalue weighted by Crippen LogP contribution is 2.32. The summed E-state index contributed by atoms with van der Waals surface area (Å²) in [6.07, 6.45) is -0.837. The van der Waals surface area contributed by atoms with Gasteiger partial charge in [0.15, 0.2) is 11.5 Å². The summed E-state index contributed by atoms with van der Waals surface area (Å²) in [7, 11) is 0. The fourth-order valence-corrected chi connectivity index (χ4v) is 2.37. The number of ether oxygens (including phenoxy) is 3. The van der Waals surface area contributed by atoms with E-state index < -0.39 is 18.6 Å². The summed E-state index contributed by atoms with van der Waals surface area (Å²) in [4.78, 5) is 12.2. The molecule has 1 atom stereocenters. The van der Waals surface area contributed by atoms with Gasteiger partial charge in [-0.05, 0) is 30.3 Å². The van der Waals surface area contributed by atoms with Crippen LogP contribution in [0.15, 0.2) is 42.5 Å². The lowest BCUT2D eigenvalue weighted by molar-refractivity contribution is -0.125. The third kappa shape index (κ3) is 3.68. The van der Waals surface area contributed by atoms with Gasteiger partial charge in [-0.2, -0.15) is 8.78 Å². The average molecular weight is 356 g/mol. The van der Waals surface area contributed by atoms with Gasteiger partial charge in [-0.1, -0.05) is 23.7 Å². The highest BCUT2D eigenvalue weighted by atomic mass is 35.5. The van der Waals surface area contributed by atoms with Crippen LogP contribution in [0, 0.1) is 0 Å². The summed E-state index contributed by atoms with van der Waals surface area (Å²) < 4.78 is 39.7. The van der Waals surface area contributed by atoms with E-state index in [1.165, 1.54) is 18.2 Å². The topological polar surface area (TPSA) is 56.8 Å². The minimum Gasteiger partial charge on any atom is -0.485 e. The first-order valence-corrected chi connectivity index (χ1v) is 7.34. The number of anilines is 1. The molecule has 0 aromatic heterocycles. The van der Waals surface area contributed by atoms with Crippen LogP contribution in [0.3, 0.4) is 0 Å². The standard InChI is InChI=1S/C16H12ClF2NO4/c17-10-7-9(5-6-11(10)24-16(18)19)20-15(21)14-8-22-12-3-1-2-4-13(12)23-14/h1-7,14,16H,8H2,(H,20,21)/t14-/m0/s1. The molecule has 1 aliphatic rings. The monoisotopic (exact) mass is 355 g/mol. The molecular formula is C16H12ClF2NO4. The van der Waals surface area contributed by atoms with Gasteiger partial charge in [0.2, 0.25) is 6.10 Å². The van der Waals surface area contributed by atoms with Crippen LogP contribution in [-0.4, -0.2) is 25.2 Å². The van der Waals surface area contributed by atoms with E-state index >= 15 is 0 Å². The average Bonchev–Trinajstić information content (AvgIpc) is 2.56. The molecule has 0 bridgehead atoms. The molecule has 0 fully saturated rings. The minimum absolute atomic E-state index is 0.0424. The van der Waals surface area contributed by atoms with Gasteiger partial charge >= 0.3 is 6.61 Å². The van der Waals surface area contributed by atoms with Gasteiger partial charge in [0.05, 0.1) is 5.02 Å². The number of carbonyl (C=O) groups is 1. The number of para-hydroxylation sites is 2. The molecular weight excluding hydrogens is 344 g/mol. The van der Waals surface area contributed by atoms with Gasteiger partial charge in [-0.15, -0.1) is 0 Å². The Balaban J connectivity index is 1.66. The Kier molecular flexibility index (Phi) is 4.71. The van der Waals surface area contributed by atoms with Gasteiger partial charge in [-0.25, -0.2) is 0 Å². The molecule has 0 saturated heterocycles. The molecule has 0 saturated carbocycles. The molecule has 5 nitrogen and oxygen atoms in total. The first-order valence-electron chi connectivity index (χ1n) is 6.96. The molecule has 1 amide bonds. The highest BCUT2D eigenvalue weighted by molar-refractivity contribution is 6.32. The molecule has 0 spiro atoms. The Hall–Kier alpha value is -2.54. The Morgan fingerprint density at radius 1 is 1.25 bits per heavy atom. The summed E-state index contributed by atoms with van der Waals surface area (Å²) in [5.41, 5.74) is 0.328. The number of alkyl halides is 2. The smallest absolute Gasteiger partial charge is 0.387 e. The Morgan fingerprint density at radius 2 is 2.00 bits per heavy atom. The first kappa shape index (κ1) is 16.3. The Labute approximate surface area is 141 Å². The van der Waals surface area contributed by atoms with Gasteiger partial charge in [-0.3, -0.25) is 4.79 Å². The maximum Gasteiger partial charge on any atom is 0.387 e. The van der Waals surface area contributed by atoms with E-state index in [0.29, 0.717) is 17.2 Å². The number of amides is 1. The molecule has 0 aliphatic carbocycles. The predicted octanol–water partition coefficient (Wildman–Crippen LogP) is 3.72. The van der Waals surface area contributed by atoms with Crippen LogP contribution < -0.4 is 19.5 Å².